The van der Waals surface area contributed by atoms with Crippen LogP contribution in [0.1, 0.15) is 53.4 Å². The van der Waals surface area contributed by atoms with Crippen LogP contribution in [-0.2, 0) is 17.5 Å². The average molecular weight is 605 g/mol. The lowest BCUT2D eigenvalue weighted by molar-refractivity contribution is -0.137. The minimum atomic E-state index is -4.71. The third-order valence-electron chi connectivity index (χ3n) is 5.95. The van der Waals surface area contributed by atoms with Crippen LogP contribution < -0.4 is 32.1 Å². The summed E-state index contributed by atoms with van der Waals surface area (Å²) >= 11 is 6.07. The van der Waals surface area contributed by atoms with Gasteiger partial charge < -0.3 is 16.0 Å². The quantitative estimate of drug-likeness (QED) is 0.160. The Hall–Kier alpha value is -4.20. The van der Waals surface area contributed by atoms with Gasteiger partial charge in [-0.3, -0.25) is 19.9 Å². The van der Waals surface area contributed by atoms with Crippen molar-refractivity contribution in [2.45, 2.75) is 46.5 Å². The molecule has 0 aliphatic carbocycles. The van der Waals surface area contributed by atoms with Crippen LogP contribution in [0.2, 0.25) is 5.02 Å². The van der Waals surface area contributed by atoms with Gasteiger partial charge in [-0.1, -0.05) is 31.5 Å². The van der Waals surface area contributed by atoms with E-state index in [2.05, 4.69) is 31.2 Å². The normalized spacial score (nSPS) is 11.8. The highest BCUT2D eigenvalue weighted by atomic mass is 35.5. The smallest absolute Gasteiger partial charge is 0.386 e. The second-order valence-electron chi connectivity index (χ2n) is 9.66. The summed E-state index contributed by atoms with van der Waals surface area (Å²) in [4.78, 5) is 32.6. The van der Waals surface area contributed by atoms with Gasteiger partial charge in [-0.2, -0.15) is 13.2 Å². The first-order chi connectivity index (χ1) is 19.7. The monoisotopic (exact) mass is 604 g/mol. The maximum atomic E-state index is 13.7. The van der Waals surface area contributed by atoms with Crippen molar-refractivity contribution in [3.63, 3.8) is 0 Å². The van der Waals surface area contributed by atoms with E-state index < -0.39 is 22.7 Å². The molecule has 0 aliphatic heterocycles. The number of hydrogen-bond acceptors (Lipinski definition) is 8. The van der Waals surface area contributed by atoms with Crippen molar-refractivity contribution in [1.82, 2.24) is 20.6 Å². The first kappa shape index (κ1) is 32.3. The first-order valence-corrected chi connectivity index (χ1v) is 13.2. The number of alkyl halides is 3. The standard InChI is InChI=1S/C28H32ClF3N8O2/c1-15(2)35-11-19-8-21(10-22(25(19)29)28(30,31)32)39-26(42)18-7-6-16(3)24(9-18)40(33)14-23(34-5)20-12-36-27(37-13-20)38-17(4)41/h6-10,12-15,34-35H,11,33H2,1-5H3,(H,39,42)(H,36,37,38,41)/b23-14-. The number of aryl methyl sites for hydroxylation is 1. The Morgan fingerprint density at radius 1 is 1.10 bits per heavy atom. The van der Waals surface area contributed by atoms with Crippen LogP contribution in [-0.4, -0.2) is 34.9 Å². The molecule has 1 heterocycles. The maximum Gasteiger partial charge on any atom is 0.417 e. The molecular formula is C28H32ClF3N8O2. The van der Waals surface area contributed by atoms with Crippen molar-refractivity contribution in [2.24, 2.45) is 5.84 Å². The van der Waals surface area contributed by atoms with E-state index in [1.807, 2.05) is 13.8 Å². The Bertz CT molecular complexity index is 1480. The average Bonchev–Trinajstić information content (AvgIpc) is 2.91. The predicted molar refractivity (Wildman–Crippen MR) is 158 cm³/mol. The number of anilines is 3. The summed E-state index contributed by atoms with van der Waals surface area (Å²) in [7, 11) is 1.67. The lowest BCUT2D eigenvalue weighted by Crippen LogP contribution is -2.27. The predicted octanol–water partition coefficient (Wildman–Crippen LogP) is 5.06. The molecule has 0 aliphatic rings. The Morgan fingerprint density at radius 3 is 2.33 bits per heavy atom. The fraction of sp³-hybridized carbons (Fsp3) is 0.286. The van der Waals surface area contributed by atoms with Gasteiger partial charge in [0.2, 0.25) is 11.9 Å². The molecule has 6 N–H and O–H groups in total. The number of benzene rings is 2. The van der Waals surface area contributed by atoms with Crippen molar-refractivity contribution >= 4 is 46.4 Å². The van der Waals surface area contributed by atoms with Gasteiger partial charge in [0, 0.05) is 62.0 Å². The molecule has 0 saturated carbocycles. The summed E-state index contributed by atoms with van der Waals surface area (Å²) in [5, 5.41) is 11.9. The Labute approximate surface area is 246 Å². The van der Waals surface area contributed by atoms with E-state index in [1.165, 1.54) is 36.5 Å². The molecule has 0 radical (unpaired) electrons. The van der Waals surface area contributed by atoms with Crippen LogP contribution in [0.3, 0.4) is 0 Å². The third kappa shape index (κ3) is 8.41. The molecule has 224 valence electrons. The van der Waals surface area contributed by atoms with E-state index in [1.54, 1.807) is 32.3 Å². The Morgan fingerprint density at radius 2 is 1.76 bits per heavy atom. The van der Waals surface area contributed by atoms with Gasteiger partial charge in [0.05, 0.1) is 22.0 Å². The van der Waals surface area contributed by atoms with Crippen LogP contribution >= 0.6 is 11.6 Å². The molecule has 3 aromatic rings. The number of carbonyl (C=O) groups is 2. The molecule has 2 aromatic carbocycles. The lowest BCUT2D eigenvalue weighted by atomic mass is 10.1. The molecule has 0 saturated heterocycles. The number of nitrogens with zero attached hydrogens (tertiary/aromatic N) is 3. The van der Waals surface area contributed by atoms with Gasteiger partial charge in [0.25, 0.3) is 5.91 Å². The Balaban J connectivity index is 1.89. The van der Waals surface area contributed by atoms with E-state index in [9.17, 15) is 22.8 Å². The van der Waals surface area contributed by atoms with Crippen molar-refractivity contribution < 1.29 is 22.8 Å². The van der Waals surface area contributed by atoms with Crippen LogP contribution in [0.25, 0.3) is 5.70 Å². The van der Waals surface area contributed by atoms with Crippen molar-refractivity contribution in [3.05, 3.63) is 81.8 Å². The van der Waals surface area contributed by atoms with Gasteiger partial charge in [-0.25, -0.2) is 15.8 Å². The largest absolute Gasteiger partial charge is 0.417 e. The van der Waals surface area contributed by atoms with Gasteiger partial charge in [-0.15, -0.1) is 0 Å². The number of hydrazine groups is 1. The summed E-state index contributed by atoms with van der Waals surface area (Å²) in [6.45, 7) is 6.93. The number of rotatable bonds is 10. The van der Waals surface area contributed by atoms with E-state index >= 15 is 0 Å². The number of amides is 2. The molecule has 10 nitrogen and oxygen atoms in total. The van der Waals surface area contributed by atoms with Gasteiger partial charge in [-0.05, 0) is 42.3 Å². The molecular weight excluding hydrogens is 573 g/mol. The van der Waals surface area contributed by atoms with E-state index in [0.29, 0.717) is 16.9 Å². The summed E-state index contributed by atoms with van der Waals surface area (Å²) in [6.07, 6.45) is -0.160. The minimum Gasteiger partial charge on any atom is -0.386 e. The van der Waals surface area contributed by atoms with E-state index in [0.717, 1.165) is 11.6 Å². The van der Waals surface area contributed by atoms with Crippen LogP contribution in [0, 0.1) is 6.92 Å². The van der Waals surface area contributed by atoms with Crippen molar-refractivity contribution in [1.29, 1.82) is 0 Å². The molecule has 0 bridgehead atoms. The van der Waals surface area contributed by atoms with Crippen LogP contribution in [0.5, 0.6) is 0 Å². The molecule has 0 spiro atoms. The third-order valence-corrected chi connectivity index (χ3v) is 6.40. The number of hydrogen-bond donors (Lipinski definition) is 5. The fourth-order valence-corrected chi connectivity index (χ4v) is 4.10. The molecule has 3 rings (SSSR count). The summed E-state index contributed by atoms with van der Waals surface area (Å²) in [6, 6.07) is 6.96. The van der Waals surface area contributed by atoms with Crippen LogP contribution in [0.4, 0.5) is 30.5 Å². The number of nitrogens with one attached hydrogen (secondary N) is 4. The zero-order valence-corrected chi connectivity index (χ0v) is 24.4. The van der Waals surface area contributed by atoms with E-state index in [4.69, 9.17) is 17.4 Å². The highest BCUT2D eigenvalue weighted by Gasteiger charge is 2.35. The maximum absolute atomic E-state index is 13.7. The van der Waals surface area contributed by atoms with Gasteiger partial charge >= 0.3 is 6.18 Å². The summed E-state index contributed by atoms with van der Waals surface area (Å²) in [5.41, 5.74) is 1.56. The molecule has 0 atom stereocenters. The molecule has 14 heteroatoms. The number of nitrogens with two attached hydrogens (primary N) is 1. The number of aromatic nitrogens is 2. The Kier molecular flexibility index (Phi) is 10.5. The SMILES string of the molecule is CN/C(=C\N(N)c1cc(C(=O)Nc2cc(CNC(C)C)c(Cl)c(C(F)(F)F)c2)ccc1C)c1cnc(NC(C)=O)nc1. The van der Waals surface area contributed by atoms with Crippen molar-refractivity contribution in [2.75, 3.05) is 22.7 Å². The second-order valence-corrected chi connectivity index (χ2v) is 10.0. The zero-order chi connectivity index (χ0) is 31.2. The van der Waals surface area contributed by atoms with Crippen LogP contribution in [0.15, 0.2) is 48.9 Å². The lowest BCUT2D eigenvalue weighted by Gasteiger charge is -2.20. The zero-order valence-electron chi connectivity index (χ0n) is 23.7. The first-order valence-electron chi connectivity index (χ1n) is 12.8. The highest BCUT2D eigenvalue weighted by Crippen LogP contribution is 2.38. The molecule has 0 fully saturated rings. The van der Waals surface area contributed by atoms with E-state index in [-0.39, 0.29) is 41.3 Å². The van der Waals surface area contributed by atoms with Gasteiger partial charge in [0.1, 0.15) is 0 Å². The molecule has 1 aromatic heterocycles. The second kappa shape index (κ2) is 13.6. The topological polar surface area (TPSA) is 137 Å². The molecule has 42 heavy (non-hydrogen) atoms. The summed E-state index contributed by atoms with van der Waals surface area (Å²) in [5.74, 6) is 5.53. The minimum absolute atomic E-state index is 0.00643. The molecule has 0 unspecified atom stereocenters. The molecule has 2 amide bonds. The fourth-order valence-electron chi connectivity index (χ4n) is 3.82. The number of halogens is 4. The van der Waals surface area contributed by atoms with Gasteiger partial charge in [0.15, 0.2) is 0 Å². The number of carbonyl (C=O) groups excluding carboxylic acids is 2. The highest BCUT2D eigenvalue weighted by molar-refractivity contribution is 6.32. The van der Waals surface area contributed by atoms with Crippen molar-refractivity contribution in [3.8, 4) is 0 Å². The summed E-state index contributed by atoms with van der Waals surface area (Å²) < 4.78 is 41.1.